The summed E-state index contributed by atoms with van der Waals surface area (Å²) < 4.78 is 3.29. The number of anilines is 3. The molecule has 1 atom stereocenters. The summed E-state index contributed by atoms with van der Waals surface area (Å²) in [6, 6.07) is 25.0. The van der Waals surface area contributed by atoms with Crippen LogP contribution >= 0.6 is 24.0 Å². The van der Waals surface area contributed by atoms with E-state index in [0.717, 1.165) is 22.0 Å². The zero-order valence-corrected chi connectivity index (χ0v) is 22.7. The van der Waals surface area contributed by atoms with Crippen LogP contribution in [0.25, 0.3) is 5.69 Å². The van der Waals surface area contributed by atoms with Crippen molar-refractivity contribution in [2.75, 3.05) is 16.0 Å². The summed E-state index contributed by atoms with van der Waals surface area (Å²) in [5.74, 6) is -0.245. The number of aromatic nitrogens is 2. The van der Waals surface area contributed by atoms with E-state index in [-0.39, 0.29) is 17.2 Å². The molecular formula is C28H29N5O2S2. The largest absolute Gasteiger partial charge is 0.332 e. The molecule has 1 amide bonds. The lowest BCUT2D eigenvalue weighted by molar-refractivity contribution is -0.115. The maximum absolute atomic E-state index is 13.1. The van der Waals surface area contributed by atoms with E-state index in [1.54, 1.807) is 16.4 Å². The highest BCUT2D eigenvalue weighted by atomic mass is 32.2. The van der Waals surface area contributed by atoms with Gasteiger partial charge in [-0.2, -0.15) is 0 Å². The van der Waals surface area contributed by atoms with Crippen molar-refractivity contribution in [3.63, 3.8) is 0 Å². The molecule has 3 N–H and O–H groups in total. The summed E-state index contributed by atoms with van der Waals surface area (Å²) in [6.07, 6.45) is 0. The van der Waals surface area contributed by atoms with Crippen LogP contribution in [0.3, 0.4) is 0 Å². The second kappa shape index (κ2) is 11.5. The van der Waals surface area contributed by atoms with Crippen molar-refractivity contribution in [2.45, 2.75) is 30.9 Å². The molecule has 7 nitrogen and oxygen atoms in total. The van der Waals surface area contributed by atoms with Crippen LogP contribution < -0.4 is 21.5 Å². The second-order valence-corrected chi connectivity index (χ2v) is 10.5. The summed E-state index contributed by atoms with van der Waals surface area (Å²) in [5, 5.41) is 9.25. The molecule has 1 heterocycles. The van der Waals surface area contributed by atoms with E-state index in [0.29, 0.717) is 10.8 Å². The molecule has 190 valence electrons. The molecule has 1 aromatic heterocycles. The number of carbonyl (C=O) groups excluding carboxylic acids is 1. The van der Waals surface area contributed by atoms with Gasteiger partial charge in [0.15, 0.2) is 5.11 Å². The van der Waals surface area contributed by atoms with Gasteiger partial charge in [0.1, 0.15) is 5.69 Å². The molecule has 4 rings (SSSR count). The fourth-order valence-electron chi connectivity index (χ4n) is 3.77. The normalized spacial score (nSPS) is 11.6. The fourth-order valence-corrected chi connectivity index (χ4v) is 4.93. The molecule has 0 aliphatic carbocycles. The first-order chi connectivity index (χ1) is 17.7. The number of benzene rings is 3. The van der Waals surface area contributed by atoms with Gasteiger partial charge in [0, 0.05) is 23.3 Å². The van der Waals surface area contributed by atoms with Crippen molar-refractivity contribution in [1.29, 1.82) is 0 Å². The van der Waals surface area contributed by atoms with Crippen LogP contribution in [0.4, 0.5) is 17.1 Å². The number of carbonyl (C=O) groups is 1. The third-order valence-electron chi connectivity index (χ3n) is 5.89. The van der Waals surface area contributed by atoms with Gasteiger partial charge >= 0.3 is 0 Å². The summed E-state index contributed by atoms with van der Waals surface area (Å²) in [4.78, 5) is 27.0. The van der Waals surface area contributed by atoms with Gasteiger partial charge in [0.05, 0.1) is 16.6 Å². The Hall–Kier alpha value is -3.82. The van der Waals surface area contributed by atoms with E-state index in [4.69, 9.17) is 12.2 Å². The van der Waals surface area contributed by atoms with E-state index in [1.807, 2.05) is 99.6 Å². The molecule has 0 aliphatic heterocycles. The van der Waals surface area contributed by atoms with Crippen LogP contribution in [0.15, 0.2) is 88.6 Å². The first-order valence-electron chi connectivity index (χ1n) is 11.8. The van der Waals surface area contributed by atoms with Crippen molar-refractivity contribution in [1.82, 2.24) is 9.36 Å². The Balaban J connectivity index is 1.41. The van der Waals surface area contributed by atoms with Gasteiger partial charge in [-0.25, -0.2) is 4.68 Å². The van der Waals surface area contributed by atoms with Gasteiger partial charge in [-0.05, 0) is 75.5 Å². The molecule has 3 aromatic carbocycles. The van der Waals surface area contributed by atoms with E-state index in [2.05, 4.69) is 16.0 Å². The number of aryl methyl sites for hydroxylation is 1. The lowest BCUT2D eigenvalue weighted by Gasteiger charge is -2.14. The van der Waals surface area contributed by atoms with Crippen molar-refractivity contribution >= 4 is 52.1 Å². The van der Waals surface area contributed by atoms with E-state index in [1.165, 1.54) is 17.3 Å². The van der Waals surface area contributed by atoms with Crippen LogP contribution in [0.1, 0.15) is 18.2 Å². The smallest absolute Gasteiger partial charge is 0.295 e. The Bertz CT molecular complexity index is 1480. The van der Waals surface area contributed by atoms with Crippen LogP contribution in [0.5, 0.6) is 0 Å². The van der Waals surface area contributed by atoms with E-state index in [9.17, 15) is 9.59 Å². The average molecular weight is 532 g/mol. The molecule has 0 saturated heterocycles. The standard InChI is InChI=1S/C28H29N5O2S2/c1-18-13-15-21(16-14-18)29-28(36)30-22-9-8-12-24(17-22)37-20(3)26(34)31-25-19(2)32(4)33(27(25)35)23-10-6-5-7-11-23/h5-17,20H,1-4H3,(H,31,34)(H2,29,30,36). The summed E-state index contributed by atoms with van der Waals surface area (Å²) in [7, 11) is 1.80. The van der Waals surface area contributed by atoms with Crippen LogP contribution in [-0.4, -0.2) is 25.6 Å². The first kappa shape index (κ1) is 26.2. The minimum Gasteiger partial charge on any atom is -0.332 e. The molecule has 0 radical (unpaired) electrons. The first-order valence-corrected chi connectivity index (χ1v) is 13.1. The highest BCUT2D eigenvalue weighted by molar-refractivity contribution is 8.00. The molecule has 0 saturated carbocycles. The quantitative estimate of drug-likeness (QED) is 0.209. The molecular weight excluding hydrogens is 502 g/mol. The van der Waals surface area contributed by atoms with Gasteiger partial charge in [0.2, 0.25) is 5.91 Å². The minimum absolute atomic E-state index is 0.245. The van der Waals surface area contributed by atoms with Crippen LogP contribution in [0, 0.1) is 13.8 Å². The lowest BCUT2D eigenvalue weighted by atomic mass is 10.2. The lowest BCUT2D eigenvalue weighted by Crippen LogP contribution is -2.27. The summed E-state index contributed by atoms with van der Waals surface area (Å²) in [5.41, 5.74) is 4.33. The second-order valence-electron chi connectivity index (χ2n) is 8.66. The number of hydrogen-bond acceptors (Lipinski definition) is 4. The van der Waals surface area contributed by atoms with Crippen molar-refractivity contribution < 1.29 is 4.79 Å². The fraction of sp³-hybridized carbons (Fsp3) is 0.179. The van der Waals surface area contributed by atoms with Gasteiger partial charge < -0.3 is 16.0 Å². The SMILES string of the molecule is Cc1ccc(NC(=S)Nc2cccc(SC(C)C(=O)Nc3c(C)n(C)n(-c4ccccc4)c3=O)c2)cc1. The van der Waals surface area contributed by atoms with Crippen LogP contribution in [-0.2, 0) is 11.8 Å². The van der Waals surface area contributed by atoms with Crippen molar-refractivity contribution in [2.24, 2.45) is 7.05 Å². The Morgan fingerprint density at radius 3 is 2.27 bits per heavy atom. The van der Waals surface area contributed by atoms with E-state index < -0.39 is 5.25 Å². The number of thiocarbonyl (C=S) groups is 1. The number of nitrogens with zero attached hydrogens (tertiary/aromatic N) is 2. The Morgan fingerprint density at radius 2 is 1.57 bits per heavy atom. The zero-order valence-electron chi connectivity index (χ0n) is 21.1. The molecule has 37 heavy (non-hydrogen) atoms. The Labute approximate surface area is 225 Å². The number of para-hydroxylation sites is 1. The van der Waals surface area contributed by atoms with Gasteiger partial charge in [-0.3, -0.25) is 14.3 Å². The van der Waals surface area contributed by atoms with Gasteiger partial charge in [-0.1, -0.05) is 42.0 Å². The maximum Gasteiger partial charge on any atom is 0.295 e. The highest BCUT2D eigenvalue weighted by Gasteiger charge is 2.21. The van der Waals surface area contributed by atoms with Gasteiger partial charge in [0.25, 0.3) is 5.56 Å². The molecule has 9 heteroatoms. The predicted octanol–water partition coefficient (Wildman–Crippen LogP) is 5.72. The number of amides is 1. The number of thioether (sulfide) groups is 1. The zero-order chi connectivity index (χ0) is 26.5. The maximum atomic E-state index is 13.1. The highest BCUT2D eigenvalue weighted by Crippen LogP contribution is 2.27. The number of hydrogen-bond donors (Lipinski definition) is 3. The summed E-state index contributed by atoms with van der Waals surface area (Å²) >= 11 is 6.85. The molecule has 0 aliphatic rings. The Kier molecular flexibility index (Phi) is 8.15. The minimum atomic E-state index is -0.433. The molecule has 0 bridgehead atoms. The van der Waals surface area contributed by atoms with Gasteiger partial charge in [-0.15, -0.1) is 11.8 Å². The van der Waals surface area contributed by atoms with Crippen molar-refractivity contribution in [3.8, 4) is 5.69 Å². The van der Waals surface area contributed by atoms with Crippen LogP contribution in [0.2, 0.25) is 0 Å². The third-order valence-corrected chi connectivity index (χ3v) is 7.18. The summed E-state index contributed by atoms with van der Waals surface area (Å²) in [6.45, 7) is 5.67. The molecule has 4 aromatic rings. The van der Waals surface area contributed by atoms with E-state index >= 15 is 0 Å². The topological polar surface area (TPSA) is 80.1 Å². The molecule has 0 fully saturated rings. The van der Waals surface area contributed by atoms with Crippen molar-refractivity contribution in [3.05, 3.63) is 100 Å². The third kappa shape index (κ3) is 6.31. The number of rotatable bonds is 7. The predicted molar refractivity (Wildman–Crippen MR) is 157 cm³/mol. The Morgan fingerprint density at radius 1 is 0.892 bits per heavy atom. The number of nitrogens with one attached hydrogen (secondary N) is 3. The molecule has 1 unspecified atom stereocenters. The monoisotopic (exact) mass is 531 g/mol. The average Bonchev–Trinajstić information content (AvgIpc) is 3.09. The molecule has 0 spiro atoms.